The van der Waals surface area contributed by atoms with E-state index in [1.165, 1.54) is 0 Å². The first-order valence-corrected chi connectivity index (χ1v) is 4.79. The van der Waals surface area contributed by atoms with Gasteiger partial charge in [-0.25, -0.2) is 9.97 Å². The highest BCUT2D eigenvalue weighted by atomic mass is 16.5. The molecular formula is C11H12N4O. The van der Waals surface area contributed by atoms with Gasteiger partial charge in [0.2, 0.25) is 5.95 Å². The molecule has 2 heterocycles. The molecule has 5 heteroatoms. The van der Waals surface area contributed by atoms with Gasteiger partial charge in [0.05, 0.1) is 19.0 Å². The summed E-state index contributed by atoms with van der Waals surface area (Å²) in [4.78, 5) is 12.2. The summed E-state index contributed by atoms with van der Waals surface area (Å²) in [5.74, 6) is 0.949. The zero-order valence-corrected chi connectivity index (χ0v) is 9.14. The number of hydrogen-bond acceptors (Lipinski definition) is 5. The largest absolute Gasteiger partial charge is 0.495 e. The lowest BCUT2D eigenvalue weighted by Gasteiger charge is -2.04. The lowest BCUT2D eigenvalue weighted by atomic mass is 10.2. The molecule has 0 saturated heterocycles. The van der Waals surface area contributed by atoms with Crippen LogP contribution in [0.25, 0.3) is 11.3 Å². The summed E-state index contributed by atoms with van der Waals surface area (Å²) in [5, 5.41) is 0. The van der Waals surface area contributed by atoms with Gasteiger partial charge in [-0.15, -0.1) is 0 Å². The number of hydrogen-bond donors (Lipinski definition) is 1. The number of methoxy groups -OCH3 is 1. The third-order valence-corrected chi connectivity index (χ3v) is 2.12. The Hall–Kier alpha value is -2.17. The Bertz CT molecular complexity index is 493. The van der Waals surface area contributed by atoms with E-state index in [2.05, 4.69) is 15.0 Å². The van der Waals surface area contributed by atoms with Crippen LogP contribution in [0.4, 0.5) is 5.95 Å². The van der Waals surface area contributed by atoms with Crippen molar-refractivity contribution >= 4 is 5.95 Å². The van der Waals surface area contributed by atoms with Crippen LogP contribution in [-0.4, -0.2) is 22.1 Å². The fourth-order valence-electron chi connectivity index (χ4n) is 1.41. The Morgan fingerprint density at radius 2 is 2.00 bits per heavy atom. The van der Waals surface area contributed by atoms with Crippen molar-refractivity contribution in [3.63, 3.8) is 0 Å². The Morgan fingerprint density at radius 1 is 1.19 bits per heavy atom. The van der Waals surface area contributed by atoms with Crippen LogP contribution < -0.4 is 10.5 Å². The minimum atomic E-state index is 0.262. The van der Waals surface area contributed by atoms with E-state index in [-0.39, 0.29) is 5.95 Å². The molecule has 5 nitrogen and oxygen atoms in total. The fraction of sp³-hybridized carbons (Fsp3) is 0.182. The van der Waals surface area contributed by atoms with Crippen molar-refractivity contribution in [1.29, 1.82) is 0 Å². The van der Waals surface area contributed by atoms with E-state index in [1.807, 2.05) is 19.1 Å². The van der Waals surface area contributed by atoms with Gasteiger partial charge in [-0.2, -0.15) is 0 Å². The summed E-state index contributed by atoms with van der Waals surface area (Å²) in [6, 6.07) is 3.71. The number of nitrogen functional groups attached to an aromatic ring is 1. The van der Waals surface area contributed by atoms with E-state index in [4.69, 9.17) is 10.5 Å². The normalized spacial score (nSPS) is 10.1. The van der Waals surface area contributed by atoms with Crippen molar-refractivity contribution in [1.82, 2.24) is 15.0 Å². The molecule has 82 valence electrons. The second-order valence-corrected chi connectivity index (χ2v) is 3.37. The second kappa shape index (κ2) is 4.14. The average molecular weight is 216 g/mol. The quantitative estimate of drug-likeness (QED) is 0.822. The maximum absolute atomic E-state index is 5.59. The summed E-state index contributed by atoms with van der Waals surface area (Å²) >= 11 is 0. The smallest absolute Gasteiger partial charge is 0.220 e. The highest BCUT2D eigenvalue weighted by molar-refractivity contribution is 5.61. The van der Waals surface area contributed by atoms with Gasteiger partial charge >= 0.3 is 0 Å². The van der Waals surface area contributed by atoms with E-state index in [9.17, 15) is 0 Å². The van der Waals surface area contributed by atoms with Crippen molar-refractivity contribution in [3.8, 4) is 17.0 Å². The van der Waals surface area contributed by atoms with Crippen LogP contribution >= 0.6 is 0 Å². The van der Waals surface area contributed by atoms with Gasteiger partial charge in [0.1, 0.15) is 5.75 Å². The molecule has 16 heavy (non-hydrogen) atoms. The molecular weight excluding hydrogens is 204 g/mol. The van der Waals surface area contributed by atoms with Gasteiger partial charge in [0.25, 0.3) is 0 Å². The van der Waals surface area contributed by atoms with Crippen molar-refractivity contribution in [2.45, 2.75) is 6.92 Å². The lowest BCUT2D eigenvalue weighted by molar-refractivity contribution is 0.413. The number of aryl methyl sites for hydroxylation is 1. The number of anilines is 1. The number of nitrogens with zero attached hydrogens (tertiary/aromatic N) is 3. The van der Waals surface area contributed by atoms with Gasteiger partial charge in [0, 0.05) is 17.5 Å². The number of rotatable bonds is 2. The number of nitrogens with two attached hydrogens (primary N) is 1. The lowest BCUT2D eigenvalue weighted by Crippen LogP contribution is -1.98. The summed E-state index contributed by atoms with van der Waals surface area (Å²) in [7, 11) is 1.60. The summed E-state index contributed by atoms with van der Waals surface area (Å²) < 4.78 is 5.10. The van der Waals surface area contributed by atoms with Crippen LogP contribution in [0.5, 0.6) is 5.75 Å². The zero-order chi connectivity index (χ0) is 11.5. The number of pyridine rings is 1. The van der Waals surface area contributed by atoms with Gasteiger partial charge in [-0.05, 0) is 19.1 Å². The highest BCUT2D eigenvalue weighted by Gasteiger charge is 2.04. The maximum atomic E-state index is 5.59. The minimum Gasteiger partial charge on any atom is -0.495 e. The topological polar surface area (TPSA) is 73.9 Å². The van der Waals surface area contributed by atoms with E-state index in [0.29, 0.717) is 5.75 Å². The Labute approximate surface area is 93.3 Å². The van der Waals surface area contributed by atoms with Crippen LogP contribution in [0.3, 0.4) is 0 Å². The molecule has 0 aliphatic heterocycles. The monoisotopic (exact) mass is 216 g/mol. The molecule has 0 spiro atoms. The Morgan fingerprint density at radius 3 is 2.69 bits per heavy atom. The predicted octanol–water partition coefficient (Wildman–Crippen LogP) is 1.44. The summed E-state index contributed by atoms with van der Waals surface area (Å²) in [6.45, 7) is 1.87. The van der Waals surface area contributed by atoms with E-state index in [0.717, 1.165) is 17.0 Å². The predicted molar refractivity (Wildman–Crippen MR) is 61.0 cm³/mol. The molecule has 2 rings (SSSR count). The molecule has 0 saturated carbocycles. The van der Waals surface area contributed by atoms with E-state index >= 15 is 0 Å². The van der Waals surface area contributed by atoms with Crippen molar-refractivity contribution in [2.75, 3.05) is 12.8 Å². The van der Waals surface area contributed by atoms with Crippen molar-refractivity contribution < 1.29 is 4.74 Å². The molecule has 2 aromatic rings. The van der Waals surface area contributed by atoms with Gasteiger partial charge < -0.3 is 10.5 Å². The van der Waals surface area contributed by atoms with Crippen LogP contribution in [-0.2, 0) is 0 Å². The fourth-order valence-corrected chi connectivity index (χ4v) is 1.41. The molecule has 0 amide bonds. The SMILES string of the molecule is COc1cncc(-c2cc(C)nc(N)n2)c1. The first kappa shape index (κ1) is 10.4. The van der Waals surface area contributed by atoms with Crippen molar-refractivity contribution in [2.24, 2.45) is 0 Å². The van der Waals surface area contributed by atoms with Crippen LogP contribution in [0.2, 0.25) is 0 Å². The molecule has 0 radical (unpaired) electrons. The van der Waals surface area contributed by atoms with Crippen LogP contribution in [0, 0.1) is 6.92 Å². The first-order chi connectivity index (χ1) is 7.69. The average Bonchev–Trinajstić information content (AvgIpc) is 2.28. The molecule has 2 N–H and O–H groups in total. The summed E-state index contributed by atoms with van der Waals surface area (Å²) in [6.07, 6.45) is 3.35. The molecule has 0 aromatic carbocycles. The Kier molecular flexibility index (Phi) is 2.68. The minimum absolute atomic E-state index is 0.262. The van der Waals surface area contributed by atoms with Gasteiger partial charge in [-0.3, -0.25) is 4.98 Å². The molecule has 0 unspecified atom stereocenters. The van der Waals surface area contributed by atoms with Gasteiger partial charge in [0.15, 0.2) is 0 Å². The number of aromatic nitrogens is 3. The first-order valence-electron chi connectivity index (χ1n) is 4.79. The van der Waals surface area contributed by atoms with Crippen LogP contribution in [0.15, 0.2) is 24.5 Å². The number of ether oxygens (including phenoxy) is 1. The van der Waals surface area contributed by atoms with E-state index < -0.39 is 0 Å². The van der Waals surface area contributed by atoms with Crippen LogP contribution in [0.1, 0.15) is 5.69 Å². The Balaban J connectivity index is 2.49. The summed E-state index contributed by atoms with van der Waals surface area (Å²) in [5.41, 5.74) is 8.02. The maximum Gasteiger partial charge on any atom is 0.220 e. The third-order valence-electron chi connectivity index (χ3n) is 2.12. The molecule has 0 atom stereocenters. The highest BCUT2D eigenvalue weighted by Crippen LogP contribution is 2.21. The second-order valence-electron chi connectivity index (χ2n) is 3.37. The molecule has 2 aromatic heterocycles. The van der Waals surface area contributed by atoms with E-state index in [1.54, 1.807) is 19.5 Å². The molecule has 0 bridgehead atoms. The standard InChI is InChI=1S/C11H12N4O/c1-7-3-10(15-11(12)14-7)8-4-9(16-2)6-13-5-8/h3-6H,1-2H3,(H2,12,14,15). The third kappa shape index (κ3) is 2.08. The molecule has 0 fully saturated rings. The molecule has 0 aliphatic carbocycles. The zero-order valence-electron chi connectivity index (χ0n) is 9.14. The molecule has 0 aliphatic rings. The van der Waals surface area contributed by atoms with Crippen molar-refractivity contribution in [3.05, 3.63) is 30.2 Å². The van der Waals surface area contributed by atoms with Gasteiger partial charge in [-0.1, -0.05) is 0 Å².